The molecule has 2 aromatic rings. The van der Waals surface area contributed by atoms with Gasteiger partial charge in [0, 0.05) is 18.1 Å². The molecule has 2 N–H and O–H groups in total. The van der Waals surface area contributed by atoms with Gasteiger partial charge in [-0.25, -0.2) is 0 Å². The number of phenolic OH excluding ortho intramolecular Hbond substituents is 1. The first-order chi connectivity index (χ1) is 11.4. The molecular weight excluding hydrogens is 316 g/mol. The minimum absolute atomic E-state index is 0.0399. The molecule has 0 saturated carbocycles. The van der Waals surface area contributed by atoms with Crippen molar-refractivity contribution in [3.05, 3.63) is 39.7 Å². The van der Waals surface area contributed by atoms with Crippen LogP contribution in [-0.2, 0) is 11.2 Å². The third-order valence-electron chi connectivity index (χ3n) is 3.94. The second kappa shape index (κ2) is 6.01. The minimum atomic E-state index is -1.14. The van der Waals surface area contributed by atoms with Crippen LogP contribution in [-0.4, -0.2) is 30.2 Å². The van der Waals surface area contributed by atoms with E-state index < -0.39 is 11.5 Å². The number of Topliss-reactive ketones (excluding diaryl/α,β-unsaturated/α-hetero) is 1. The number of aromatic hydroxyl groups is 1. The number of benzene rings is 1. The zero-order valence-corrected chi connectivity index (χ0v) is 13.2. The average molecular weight is 332 g/mol. The van der Waals surface area contributed by atoms with Crippen molar-refractivity contribution in [2.75, 3.05) is 14.2 Å². The van der Waals surface area contributed by atoms with E-state index in [1.54, 1.807) is 0 Å². The van der Waals surface area contributed by atoms with Gasteiger partial charge in [-0.2, -0.15) is 0 Å². The number of carbonyl (C=O) groups excluding carboxylic acids is 1. The highest BCUT2D eigenvalue weighted by atomic mass is 16.5. The Balaban J connectivity index is 2.18. The molecule has 7 heteroatoms. The van der Waals surface area contributed by atoms with Gasteiger partial charge in [0.2, 0.25) is 5.75 Å². The molecule has 126 valence electrons. The van der Waals surface area contributed by atoms with E-state index in [2.05, 4.69) is 0 Å². The molecule has 0 saturated heterocycles. The maximum Gasteiger partial charge on any atom is 0.200 e. The number of phenols is 1. The van der Waals surface area contributed by atoms with E-state index in [0.717, 1.165) is 0 Å². The van der Waals surface area contributed by atoms with Crippen molar-refractivity contribution < 1.29 is 28.9 Å². The highest BCUT2D eigenvalue weighted by Crippen LogP contribution is 2.40. The smallest absolute Gasteiger partial charge is 0.200 e. The van der Waals surface area contributed by atoms with Gasteiger partial charge < -0.3 is 24.1 Å². The Hall–Kier alpha value is -2.80. The number of aliphatic hydroxyl groups excluding tert-OH is 1. The number of hydrogen-bond acceptors (Lipinski definition) is 7. The molecule has 0 fully saturated rings. The third-order valence-corrected chi connectivity index (χ3v) is 3.94. The summed E-state index contributed by atoms with van der Waals surface area (Å²) in [7, 11) is 2.77. The molecule has 1 aromatic carbocycles. The lowest BCUT2D eigenvalue weighted by Gasteiger charge is -2.19. The molecule has 3 rings (SSSR count). The van der Waals surface area contributed by atoms with Gasteiger partial charge in [-0.05, 0) is 12.1 Å². The molecular formula is C17H16O7. The van der Waals surface area contributed by atoms with Gasteiger partial charge in [0.15, 0.2) is 16.9 Å². The molecule has 0 spiro atoms. The van der Waals surface area contributed by atoms with Gasteiger partial charge in [-0.15, -0.1) is 0 Å². The molecule has 24 heavy (non-hydrogen) atoms. The van der Waals surface area contributed by atoms with Crippen LogP contribution in [0.3, 0.4) is 0 Å². The number of ether oxygens (including phenoxy) is 2. The lowest BCUT2D eigenvalue weighted by atomic mass is 9.92. The predicted octanol–water partition coefficient (Wildman–Crippen LogP) is 1.58. The summed E-state index contributed by atoms with van der Waals surface area (Å²) in [5.41, 5.74) is 0.155. The Morgan fingerprint density at radius 2 is 1.75 bits per heavy atom. The number of fused-ring (bicyclic) bond motifs is 1. The highest BCUT2D eigenvalue weighted by molar-refractivity contribution is 5.83. The molecule has 0 amide bonds. The van der Waals surface area contributed by atoms with Gasteiger partial charge in [-0.3, -0.25) is 9.59 Å². The zero-order valence-electron chi connectivity index (χ0n) is 13.2. The standard InChI is InChI=1S/C17H16O7/c1-22-14-3-8(4-15(23-2)17(14)21)12-7-11(20)16-10(19)5-9(18)6-13(16)24-12/h3-4,7,10,19,21H,5-6H2,1-2H3/t10-/m0/s1. The van der Waals surface area contributed by atoms with Crippen molar-refractivity contribution in [2.24, 2.45) is 0 Å². The molecule has 1 heterocycles. The van der Waals surface area contributed by atoms with E-state index in [-0.39, 0.29) is 53.0 Å². The molecule has 7 nitrogen and oxygen atoms in total. The summed E-state index contributed by atoms with van der Waals surface area (Å²) in [5, 5.41) is 19.9. The quantitative estimate of drug-likeness (QED) is 0.879. The van der Waals surface area contributed by atoms with Gasteiger partial charge in [0.1, 0.15) is 17.3 Å². The van der Waals surface area contributed by atoms with Gasteiger partial charge in [0.05, 0.1) is 32.3 Å². The van der Waals surface area contributed by atoms with Crippen molar-refractivity contribution in [3.8, 4) is 28.6 Å². The topological polar surface area (TPSA) is 106 Å². The monoisotopic (exact) mass is 332 g/mol. The summed E-state index contributed by atoms with van der Waals surface area (Å²) in [5.74, 6) is 0.289. The van der Waals surface area contributed by atoms with E-state index in [1.165, 1.54) is 32.4 Å². The fourth-order valence-electron chi connectivity index (χ4n) is 2.78. The van der Waals surface area contributed by atoms with Gasteiger partial charge >= 0.3 is 0 Å². The largest absolute Gasteiger partial charge is 0.502 e. The normalized spacial score (nSPS) is 16.6. The van der Waals surface area contributed by atoms with E-state index in [4.69, 9.17) is 13.9 Å². The van der Waals surface area contributed by atoms with E-state index in [0.29, 0.717) is 5.56 Å². The molecule has 0 radical (unpaired) electrons. The number of ketones is 1. The van der Waals surface area contributed by atoms with Crippen LogP contribution in [0.2, 0.25) is 0 Å². The van der Waals surface area contributed by atoms with Crippen LogP contribution in [0.4, 0.5) is 0 Å². The highest BCUT2D eigenvalue weighted by Gasteiger charge is 2.29. The zero-order chi connectivity index (χ0) is 17.4. The second-order valence-electron chi connectivity index (χ2n) is 5.48. The molecule has 1 aliphatic rings. The SMILES string of the molecule is COc1cc(-c2cc(=O)c3c(o2)CC(=O)C[C@@H]3O)cc(OC)c1O. The van der Waals surface area contributed by atoms with Crippen LogP contribution >= 0.6 is 0 Å². The van der Waals surface area contributed by atoms with Crippen molar-refractivity contribution in [1.29, 1.82) is 0 Å². The Morgan fingerprint density at radius 1 is 1.12 bits per heavy atom. The van der Waals surface area contributed by atoms with Crippen molar-refractivity contribution in [1.82, 2.24) is 0 Å². The van der Waals surface area contributed by atoms with Crippen LogP contribution in [0.5, 0.6) is 17.2 Å². The molecule has 0 aliphatic heterocycles. The van der Waals surface area contributed by atoms with Crippen LogP contribution in [0.1, 0.15) is 23.8 Å². The first kappa shape index (κ1) is 16.1. The fraction of sp³-hybridized carbons (Fsp3) is 0.294. The van der Waals surface area contributed by atoms with E-state index in [9.17, 15) is 19.8 Å². The molecule has 0 unspecified atom stereocenters. The maximum absolute atomic E-state index is 12.3. The Labute approximate surface area is 137 Å². The van der Waals surface area contributed by atoms with Gasteiger partial charge in [0.25, 0.3) is 0 Å². The first-order valence-electron chi connectivity index (χ1n) is 7.26. The summed E-state index contributed by atoms with van der Waals surface area (Å²) in [6, 6.07) is 4.22. The summed E-state index contributed by atoms with van der Waals surface area (Å²) in [6.07, 6.45) is -1.27. The summed E-state index contributed by atoms with van der Waals surface area (Å²) in [6.45, 7) is 0. The molecule has 1 aromatic heterocycles. The predicted molar refractivity (Wildman–Crippen MR) is 83.5 cm³/mol. The maximum atomic E-state index is 12.3. The molecule has 1 aliphatic carbocycles. The fourth-order valence-corrected chi connectivity index (χ4v) is 2.78. The summed E-state index contributed by atoms with van der Waals surface area (Å²) >= 11 is 0. The van der Waals surface area contributed by atoms with Crippen molar-refractivity contribution in [2.45, 2.75) is 18.9 Å². The second-order valence-corrected chi connectivity index (χ2v) is 5.48. The minimum Gasteiger partial charge on any atom is -0.502 e. The van der Waals surface area contributed by atoms with Crippen molar-refractivity contribution >= 4 is 5.78 Å². The molecule has 1 atom stereocenters. The van der Waals surface area contributed by atoms with Crippen LogP contribution in [0.15, 0.2) is 27.4 Å². The number of hydrogen-bond donors (Lipinski definition) is 2. The van der Waals surface area contributed by atoms with E-state index in [1.807, 2.05) is 0 Å². The van der Waals surface area contributed by atoms with Crippen LogP contribution < -0.4 is 14.9 Å². The lowest BCUT2D eigenvalue weighted by Crippen LogP contribution is -2.25. The number of aliphatic hydroxyl groups is 1. The van der Waals surface area contributed by atoms with Crippen LogP contribution in [0, 0.1) is 0 Å². The Morgan fingerprint density at radius 3 is 2.33 bits per heavy atom. The number of methoxy groups -OCH3 is 2. The summed E-state index contributed by atoms with van der Waals surface area (Å²) < 4.78 is 15.8. The molecule has 0 bridgehead atoms. The van der Waals surface area contributed by atoms with E-state index >= 15 is 0 Å². The Kier molecular flexibility index (Phi) is 4.02. The third kappa shape index (κ3) is 2.63. The Bertz CT molecular complexity index is 841. The lowest BCUT2D eigenvalue weighted by molar-refractivity contribution is -0.121. The number of carbonyl (C=O) groups is 1. The van der Waals surface area contributed by atoms with Crippen LogP contribution in [0.25, 0.3) is 11.3 Å². The van der Waals surface area contributed by atoms with Crippen molar-refractivity contribution in [3.63, 3.8) is 0 Å². The van der Waals surface area contributed by atoms with Gasteiger partial charge in [-0.1, -0.05) is 0 Å². The number of rotatable bonds is 3. The summed E-state index contributed by atoms with van der Waals surface area (Å²) in [4.78, 5) is 24.0. The average Bonchev–Trinajstić information content (AvgIpc) is 2.53. The first-order valence-corrected chi connectivity index (χ1v) is 7.26.